The zero-order valence-electron chi connectivity index (χ0n) is 10.1. The molecule has 0 spiro atoms. The lowest BCUT2D eigenvalue weighted by atomic mass is 10.2. The number of hydrogen-bond acceptors (Lipinski definition) is 4. The normalized spacial score (nSPS) is 10.8. The van der Waals surface area contributed by atoms with Gasteiger partial charge in [-0.05, 0) is 37.3 Å². The average Bonchev–Trinajstić information content (AvgIpc) is 2.82. The van der Waals surface area contributed by atoms with E-state index in [2.05, 4.69) is 9.97 Å². The van der Waals surface area contributed by atoms with Crippen molar-refractivity contribution in [2.45, 2.75) is 6.92 Å². The lowest BCUT2D eigenvalue weighted by molar-refractivity contribution is 0.0697. The van der Waals surface area contributed by atoms with Crippen LogP contribution in [0.3, 0.4) is 0 Å². The smallest absolute Gasteiger partial charge is 0.335 e. The van der Waals surface area contributed by atoms with Crippen molar-refractivity contribution in [3.63, 3.8) is 0 Å². The van der Waals surface area contributed by atoms with Gasteiger partial charge in [0, 0.05) is 17.5 Å². The molecule has 4 nitrogen and oxygen atoms in total. The quantitative estimate of drug-likeness (QED) is 0.775. The number of carbonyl (C=O) groups is 1. The first-order chi connectivity index (χ1) is 9.13. The number of aromatic nitrogens is 2. The molecule has 0 atom stereocenters. The van der Waals surface area contributed by atoms with Crippen molar-refractivity contribution in [1.82, 2.24) is 9.97 Å². The van der Waals surface area contributed by atoms with Crippen molar-refractivity contribution < 1.29 is 9.90 Å². The molecule has 0 aliphatic rings. The summed E-state index contributed by atoms with van der Waals surface area (Å²) in [6.45, 7) is 1.93. The highest BCUT2D eigenvalue weighted by molar-refractivity contribution is 7.21. The minimum atomic E-state index is -0.922. The Morgan fingerprint density at radius 3 is 2.79 bits per heavy atom. The van der Waals surface area contributed by atoms with Crippen LogP contribution in [0.5, 0.6) is 0 Å². The predicted octanol–water partition coefficient (Wildman–Crippen LogP) is 3.36. The van der Waals surface area contributed by atoms with Crippen LogP contribution in [0.15, 0.2) is 36.5 Å². The van der Waals surface area contributed by atoms with Crippen LogP contribution in [-0.2, 0) is 0 Å². The zero-order chi connectivity index (χ0) is 13.4. The Morgan fingerprint density at radius 1 is 1.26 bits per heavy atom. The summed E-state index contributed by atoms with van der Waals surface area (Å²) in [7, 11) is 0. The SMILES string of the molecule is Cc1ccc(-c2nc3ccc(C(=O)O)cc3s2)cn1. The van der Waals surface area contributed by atoms with Gasteiger partial charge in [0.2, 0.25) is 0 Å². The standard InChI is InChI=1S/C14H10N2O2S/c1-8-2-3-10(7-15-8)13-16-11-5-4-9(14(17)18)6-12(11)19-13/h2-7H,1H3,(H,17,18). The van der Waals surface area contributed by atoms with Gasteiger partial charge in [0.1, 0.15) is 5.01 Å². The van der Waals surface area contributed by atoms with Crippen molar-refractivity contribution in [3.05, 3.63) is 47.8 Å². The van der Waals surface area contributed by atoms with E-state index < -0.39 is 5.97 Å². The Morgan fingerprint density at radius 2 is 2.11 bits per heavy atom. The van der Waals surface area contributed by atoms with E-state index in [1.807, 2.05) is 19.1 Å². The van der Waals surface area contributed by atoms with Gasteiger partial charge in [-0.3, -0.25) is 4.98 Å². The topological polar surface area (TPSA) is 63.1 Å². The van der Waals surface area contributed by atoms with Gasteiger partial charge in [0.05, 0.1) is 15.8 Å². The molecule has 5 heteroatoms. The molecule has 0 saturated heterocycles. The van der Waals surface area contributed by atoms with Gasteiger partial charge in [0.15, 0.2) is 0 Å². The van der Waals surface area contributed by atoms with Crippen LogP contribution >= 0.6 is 11.3 Å². The summed E-state index contributed by atoms with van der Waals surface area (Å²) >= 11 is 1.47. The van der Waals surface area contributed by atoms with Crippen LogP contribution in [0.2, 0.25) is 0 Å². The molecule has 94 valence electrons. The summed E-state index contributed by atoms with van der Waals surface area (Å²) in [6, 6.07) is 8.87. The monoisotopic (exact) mass is 270 g/mol. The van der Waals surface area contributed by atoms with E-state index >= 15 is 0 Å². The third-order valence-electron chi connectivity index (χ3n) is 2.79. The van der Waals surface area contributed by atoms with Crippen LogP contribution in [0.1, 0.15) is 16.1 Å². The highest BCUT2D eigenvalue weighted by Gasteiger charge is 2.09. The number of thiazole rings is 1. The van der Waals surface area contributed by atoms with Crippen LogP contribution < -0.4 is 0 Å². The number of hydrogen-bond donors (Lipinski definition) is 1. The Balaban J connectivity index is 2.11. The number of carboxylic acid groups (broad SMARTS) is 1. The summed E-state index contributed by atoms with van der Waals surface area (Å²) in [4.78, 5) is 19.7. The molecule has 0 saturated carbocycles. The van der Waals surface area contributed by atoms with Crippen molar-refractivity contribution in [2.24, 2.45) is 0 Å². The second kappa shape index (κ2) is 4.44. The maximum absolute atomic E-state index is 10.9. The summed E-state index contributed by atoms with van der Waals surface area (Å²) in [6.07, 6.45) is 1.78. The molecule has 0 aliphatic carbocycles. The Kier molecular flexibility index (Phi) is 2.76. The number of benzene rings is 1. The molecular weight excluding hydrogens is 260 g/mol. The molecule has 0 fully saturated rings. The minimum absolute atomic E-state index is 0.282. The molecule has 1 aromatic carbocycles. The van der Waals surface area contributed by atoms with E-state index in [-0.39, 0.29) is 5.56 Å². The first kappa shape index (κ1) is 11.8. The molecule has 1 N–H and O–H groups in total. The Bertz CT molecular complexity index is 763. The van der Waals surface area contributed by atoms with Gasteiger partial charge in [-0.15, -0.1) is 11.3 Å². The Labute approximate surface area is 113 Å². The number of fused-ring (bicyclic) bond motifs is 1. The van der Waals surface area contributed by atoms with E-state index in [1.165, 1.54) is 11.3 Å². The number of nitrogens with zero attached hydrogens (tertiary/aromatic N) is 2. The molecule has 2 aromatic heterocycles. The molecule has 19 heavy (non-hydrogen) atoms. The van der Waals surface area contributed by atoms with Crippen molar-refractivity contribution >= 4 is 27.5 Å². The summed E-state index contributed by atoms with van der Waals surface area (Å²) in [5.41, 5.74) is 3.00. The van der Waals surface area contributed by atoms with E-state index in [1.54, 1.807) is 24.4 Å². The second-order valence-electron chi connectivity index (χ2n) is 4.19. The number of pyridine rings is 1. The molecule has 0 unspecified atom stereocenters. The lowest BCUT2D eigenvalue weighted by Gasteiger charge is -1.95. The van der Waals surface area contributed by atoms with Gasteiger partial charge in [0.25, 0.3) is 0 Å². The summed E-state index contributed by atoms with van der Waals surface area (Å²) in [5, 5.41) is 9.82. The van der Waals surface area contributed by atoms with Crippen molar-refractivity contribution in [3.8, 4) is 10.6 Å². The zero-order valence-corrected chi connectivity index (χ0v) is 10.9. The van der Waals surface area contributed by atoms with Gasteiger partial charge >= 0.3 is 5.97 Å². The number of carboxylic acids is 1. The van der Waals surface area contributed by atoms with Crippen LogP contribution in [-0.4, -0.2) is 21.0 Å². The highest BCUT2D eigenvalue weighted by atomic mass is 32.1. The molecule has 3 aromatic rings. The molecule has 3 rings (SSSR count). The minimum Gasteiger partial charge on any atom is -0.478 e. The molecule has 0 aliphatic heterocycles. The molecule has 0 amide bonds. The Hall–Kier alpha value is -2.27. The average molecular weight is 270 g/mol. The highest BCUT2D eigenvalue weighted by Crippen LogP contribution is 2.30. The van der Waals surface area contributed by atoms with Crippen molar-refractivity contribution in [1.29, 1.82) is 0 Å². The lowest BCUT2D eigenvalue weighted by Crippen LogP contribution is -1.94. The number of aryl methyl sites for hydroxylation is 1. The van der Waals surface area contributed by atoms with E-state index in [9.17, 15) is 4.79 Å². The second-order valence-corrected chi connectivity index (χ2v) is 5.23. The van der Waals surface area contributed by atoms with Crippen LogP contribution in [0.25, 0.3) is 20.8 Å². The number of rotatable bonds is 2. The van der Waals surface area contributed by atoms with E-state index in [4.69, 9.17) is 5.11 Å². The van der Waals surface area contributed by atoms with Crippen LogP contribution in [0.4, 0.5) is 0 Å². The van der Waals surface area contributed by atoms with Crippen LogP contribution in [0, 0.1) is 6.92 Å². The molecule has 0 bridgehead atoms. The first-order valence-electron chi connectivity index (χ1n) is 5.70. The van der Waals surface area contributed by atoms with Gasteiger partial charge < -0.3 is 5.11 Å². The predicted molar refractivity (Wildman–Crippen MR) is 74.5 cm³/mol. The number of aromatic carboxylic acids is 1. The maximum atomic E-state index is 10.9. The summed E-state index contributed by atoms with van der Waals surface area (Å²) in [5.74, 6) is -0.922. The van der Waals surface area contributed by atoms with Crippen molar-refractivity contribution in [2.75, 3.05) is 0 Å². The largest absolute Gasteiger partial charge is 0.478 e. The van der Waals surface area contributed by atoms with Gasteiger partial charge in [-0.25, -0.2) is 9.78 Å². The molecular formula is C14H10N2O2S. The fourth-order valence-electron chi connectivity index (χ4n) is 1.78. The summed E-state index contributed by atoms with van der Waals surface area (Å²) < 4.78 is 0.871. The fraction of sp³-hybridized carbons (Fsp3) is 0.0714. The fourth-order valence-corrected chi connectivity index (χ4v) is 2.77. The third kappa shape index (κ3) is 2.20. The van der Waals surface area contributed by atoms with Gasteiger partial charge in [-0.1, -0.05) is 0 Å². The third-order valence-corrected chi connectivity index (χ3v) is 3.86. The van der Waals surface area contributed by atoms with E-state index in [0.29, 0.717) is 0 Å². The molecule has 0 radical (unpaired) electrons. The molecule has 2 heterocycles. The first-order valence-corrected chi connectivity index (χ1v) is 6.52. The van der Waals surface area contributed by atoms with E-state index in [0.717, 1.165) is 26.5 Å². The van der Waals surface area contributed by atoms with Gasteiger partial charge in [-0.2, -0.15) is 0 Å². The maximum Gasteiger partial charge on any atom is 0.335 e.